The molecule has 0 N–H and O–H groups in total. The maximum absolute atomic E-state index is 13.7. The third-order valence-electron chi connectivity index (χ3n) is 4.17. The summed E-state index contributed by atoms with van der Waals surface area (Å²) >= 11 is 15.6. The molecule has 1 saturated carbocycles. The van der Waals surface area contributed by atoms with Gasteiger partial charge >= 0.3 is 0 Å². The Hall–Kier alpha value is -0.640. The number of alkyl halides is 2. The molecule has 2 aromatic rings. The highest BCUT2D eigenvalue weighted by Crippen LogP contribution is 2.70. The van der Waals surface area contributed by atoms with E-state index in [1.807, 2.05) is 24.3 Å². The lowest BCUT2D eigenvalue weighted by Gasteiger charge is -2.04. The smallest absolute Gasteiger partial charge is 0.140 e. The Bertz CT molecular complexity index is 690. The first-order valence-electron chi connectivity index (χ1n) is 6.97. The minimum atomic E-state index is -1.04. The number of benzene rings is 2. The number of rotatable bonds is 3. The highest BCUT2D eigenvalue weighted by molar-refractivity contribution is 9.10. The number of halogens is 5. The minimum Gasteiger partial charge on any atom is -0.206 e. The van der Waals surface area contributed by atoms with E-state index in [1.165, 1.54) is 17.7 Å². The van der Waals surface area contributed by atoms with Crippen LogP contribution in [0.4, 0.5) is 8.78 Å². The zero-order chi connectivity index (χ0) is 16.1. The van der Waals surface area contributed by atoms with E-state index in [-0.39, 0.29) is 16.3 Å². The standard InChI is InChI=1S/C17H13BrCl2F2/c1-2-9-3-5-10(6-4-9)14-15(17(14,19)20)11-7-12(21)16(18)13(22)8-11/h3-8,14-15H,2H2,1H3. The summed E-state index contributed by atoms with van der Waals surface area (Å²) in [5, 5.41) is 0. The molecule has 116 valence electrons. The van der Waals surface area contributed by atoms with E-state index >= 15 is 0 Å². The maximum atomic E-state index is 13.7. The summed E-state index contributed by atoms with van der Waals surface area (Å²) in [4.78, 5) is 0. The second-order valence-corrected chi connectivity index (χ2v) is 7.76. The van der Waals surface area contributed by atoms with Gasteiger partial charge in [0, 0.05) is 11.8 Å². The van der Waals surface area contributed by atoms with Gasteiger partial charge in [0.05, 0.1) is 4.47 Å². The van der Waals surface area contributed by atoms with Crippen LogP contribution in [0.2, 0.25) is 0 Å². The lowest BCUT2D eigenvalue weighted by molar-refractivity contribution is 0.568. The van der Waals surface area contributed by atoms with Crippen LogP contribution in [0, 0.1) is 11.6 Å². The third-order valence-corrected chi connectivity index (χ3v) is 5.86. The lowest BCUT2D eigenvalue weighted by Crippen LogP contribution is -1.94. The number of hydrogen-bond donors (Lipinski definition) is 0. The van der Waals surface area contributed by atoms with Crippen LogP contribution in [-0.4, -0.2) is 4.33 Å². The fourth-order valence-electron chi connectivity index (χ4n) is 2.87. The van der Waals surface area contributed by atoms with Crippen molar-refractivity contribution in [1.29, 1.82) is 0 Å². The van der Waals surface area contributed by atoms with E-state index in [0.29, 0.717) is 5.56 Å². The van der Waals surface area contributed by atoms with E-state index in [0.717, 1.165) is 12.0 Å². The summed E-state index contributed by atoms with van der Waals surface area (Å²) in [6.45, 7) is 2.08. The van der Waals surface area contributed by atoms with Crippen LogP contribution in [0.3, 0.4) is 0 Å². The summed E-state index contributed by atoms with van der Waals surface area (Å²) in [5.41, 5.74) is 2.68. The first-order valence-corrected chi connectivity index (χ1v) is 8.52. The third kappa shape index (κ3) is 2.68. The second kappa shape index (κ2) is 5.77. The van der Waals surface area contributed by atoms with Gasteiger partial charge in [-0.2, -0.15) is 0 Å². The molecular weight excluding hydrogens is 393 g/mol. The van der Waals surface area contributed by atoms with Crippen LogP contribution < -0.4 is 0 Å². The molecule has 0 radical (unpaired) electrons. The molecule has 22 heavy (non-hydrogen) atoms. The maximum Gasteiger partial charge on any atom is 0.140 e. The number of hydrogen-bond acceptors (Lipinski definition) is 0. The SMILES string of the molecule is CCc1ccc(C2C(c3cc(F)c(Br)c(F)c3)C2(Cl)Cl)cc1. The Labute approximate surface area is 146 Å². The van der Waals surface area contributed by atoms with Crippen LogP contribution in [0.25, 0.3) is 0 Å². The normalized spacial score (nSPS) is 22.6. The first kappa shape index (κ1) is 16.2. The molecule has 0 spiro atoms. The summed E-state index contributed by atoms with van der Waals surface area (Å²) < 4.78 is 26.3. The average Bonchev–Trinajstić information content (AvgIpc) is 3.07. The first-order chi connectivity index (χ1) is 10.4. The van der Waals surface area contributed by atoms with Crippen LogP contribution >= 0.6 is 39.1 Å². The zero-order valence-electron chi connectivity index (χ0n) is 11.7. The van der Waals surface area contributed by atoms with Crippen molar-refractivity contribution >= 4 is 39.1 Å². The van der Waals surface area contributed by atoms with Crippen molar-refractivity contribution < 1.29 is 8.78 Å². The Morgan fingerprint density at radius 1 is 1.00 bits per heavy atom. The van der Waals surface area contributed by atoms with Gasteiger partial charge in [0.2, 0.25) is 0 Å². The quantitative estimate of drug-likeness (QED) is 0.412. The molecule has 0 bridgehead atoms. The summed E-state index contributed by atoms with van der Waals surface area (Å²) in [5.74, 6) is -1.78. The molecule has 2 unspecified atom stereocenters. The molecule has 5 heteroatoms. The summed E-state index contributed by atoms with van der Waals surface area (Å²) in [6, 6.07) is 10.6. The molecule has 1 aliphatic carbocycles. The van der Waals surface area contributed by atoms with Crippen molar-refractivity contribution in [2.45, 2.75) is 29.5 Å². The van der Waals surface area contributed by atoms with Gasteiger partial charge in [-0.05, 0) is 51.2 Å². The van der Waals surface area contributed by atoms with Crippen molar-refractivity contribution in [2.24, 2.45) is 0 Å². The van der Waals surface area contributed by atoms with Crippen molar-refractivity contribution in [3.63, 3.8) is 0 Å². The van der Waals surface area contributed by atoms with Gasteiger partial charge < -0.3 is 0 Å². The Morgan fingerprint density at radius 2 is 1.50 bits per heavy atom. The van der Waals surface area contributed by atoms with Crippen molar-refractivity contribution in [3.8, 4) is 0 Å². The minimum absolute atomic E-state index is 0.165. The van der Waals surface area contributed by atoms with Crippen molar-refractivity contribution in [2.75, 3.05) is 0 Å². The second-order valence-electron chi connectivity index (χ2n) is 5.52. The van der Waals surface area contributed by atoms with Gasteiger partial charge in [-0.3, -0.25) is 0 Å². The van der Waals surface area contributed by atoms with E-state index in [2.05, 4.69) is 22.9 Å². The molecule has 2 aromatic carbocycles. The Morgan fingerprint density at radius 3 is 2.00 bits per heavy atom. The largest absolute Gasteiger partial charge is 0.206 e. The van der Waals surface area contributed by atoms with Gasteiger partial charge in [-0.1, -0.05) is 31.2 Å². The molecule has 0 nitrogen and oxygen atoms in total. The molecule has 3 rings (SSSR count). The highest BCUT2D eigenvalue weighted by atomic mass is 79.9. The Kier molecular flexibility index (Phi) is 4.26. The molecule has 0 aliphatic heterocycles. The fraction of sp³-hybridized carbons (Fsp3) is 0.294. The van der Waals surface area contributed by atoms with Crippen LogP contribution in [0.15, 0.2) is 40.9 Å². The van der Waals surface area contributed by atoms with E-state index in [9.17, 15) is 8.78 Å². The van der Waals surface area contributed by atoms with Crippen LogP contribution in [0.1, 0.15) is 35.4 Å². The zero-order valence-corrected chi connectivity index (χ0v) is 14.8. The lowest BCUT2D eigenvalue weighted by atomic mass is 10.0. The van der Waals surface area contributed by atoms with E-state index < -0.39 is 16.0 Å². The molecular formula is C17H13BrCl2F2. The van der Waals surface area contributed by atoms with Crippen LogP contribution in [-0.2, 0) is 6.42 Å². The fourth-order valence-corrected chi connectivity index (χ4v) is 3.98. The van der Waals surface area contributed by atoms with Crippen LogP contribution in [0.5, 0.6) is 0 Å². The molecule has 0 heterocycles. The predicted molar refractivity (Wildman–Crippen MR) is 89.8 cm³/mol. The molecule has 0 aromatic heterocycles. The average molecular weight is 406 g/mol. The Balaban J connectivity index is 1.95. The van der Waals surface area contributed by atoms with Gasteiger partial charge in [-0.15, -0.1) is 23.2 Å². The van der Waals surface area contributed by atoms with Gasteiger partial charge in [-0.25, -0.2) is 8.78 Å². The van der Waals surface area contributed by atoms with Gasteiger partial charge in [0.25, 0.3) is 0 Å². The predicted octanol–water partition coefficient (Wildman–Crippen LogP) is 6.34. The molecule has 1 fully saturated rings. The monoisotopic (exact) mass is 404 g/mol. The molecule has 1 aliphatic rings. The highest BCUT2D eigenvalue weighted by Gasteiger charge is 2.64. The summed E-state index contributed by atoms with van der Waals surface area (Å²) in [7, 11) is 0. The van der Waals surface area contributed by atoms with Crippen molar-refractivity contribution in [3.05, 3.63) is 69.2 Å². The van der Waals surface area contributed by atoms with Crippen molar-refractivity contribution in [1.82, 2.24) is 0 Å². The van der Waals surface area contributed by atoms with Gasteiger partial charge in [0.15, 0.2) is 0 Å². The van der Waals surface area contributed by atoms with E-state index in [1.54, 1.807) is 0 Å². The van der Waals surface area contributed by atoms with Gasteiger partial charge in [0.1, 0.15) is 16.0 Å². The summed E-state index contributed by atoms with van der Waals surface area (Å²) in [6.07, 6.45) is 0.949. The van der Waals surface area contributed by atoms with E-state index in [4.69, 9.17) is 23.2 Å². The number of aryl methyl sites for hydroxylation is 1. The topological polar surface area (TPSA) is 0 Å². The molecule has 0 amide bonds. The molecule has 0 saturated heterocycles. The molecule has 2 atom stereocenters.